The molecule has 0 saturated carbocycles. The van der Waals surface area contributed by atoms with E-state index in [9.17, 15) is 4.79 Å². The van der Waals surface area contributed by atoms with Crippen molar-refractivity contribution in [1.29, 1.82) is 0 Å². The molecule has 1 amide bonds. The summed E-state index contributed by atoms with van der Waals surface area (Å²) < 4.78 is 1.87. The lowest BCUT2D eigenvalue weighted by atomic mass is 9.95. The zero-order valence-electron chi connectivity index (χ0n) is 14.4. The van der Waals surface area contributed by atoms with Gasteiger partial charge >= 0.3 is 0 Å². The van der Waals surface area contributed by atoms with E-state index < -0.39 is 0 Å². The second kappa shape index (κ2) is 6.16. The second-order valence-electron chi connectivity index (χ2n) is 6.12. The quantitative estimate of drug-likeness (QED) is 0.728. The molecular formula is C20H20N4O. The minimum Gasteiger partial charge on any atom is -0.308 e. The molecule has 0 bridgehead atoms. The van der Waals surface area contributed by atoms with E-state index in [1.807, 2.05) is 65.0 Å². The van der Waals surface area contributed by atoms with Gasteiger partial charge in [-0.15, -0.1) is 5.10 Å². The van der Waals surface area contributed by atoms with Gasteiger partial charge in [-0.25, -0.2) is 4.68 Å². The predicted octanol–water partition coefficient (Wildman–Crippen LogP) is 4.00. The number of nitrogens with zero attached hydrogens (tertiary/aromatic N) is 4. The van der Waals surface area contributed by atoms with E-state index in [-0.39, 0.29) is 5.91 Å². The predicted molar refractivity (Wildman–Crippen MR) is 98.5 cm³/mol. The number of hydrogen-bond acceptors (Lipinski definition) is 3. The van der Waals surface area contributed by atoms with E-state index in [2.05, 4.69) is 17.2 Å². The summed E-state index contributed by atoms with van der Waals surface area (Å²) in [6.45, 7) is 5.49. The molecule has 1 aliphatic rings. The van der Waals surface area contributed by atoms with Crippen LogP contribution in [0.5, 0.6) is 0 Å². The van der Waals surface area contributed by atoms with Gasteiger partial charge in [0.25, 0.3) is 5.91 Å². The zero-order valence-corrected chi connectivity index (χ0v) is 14.4. The summed E-state index contributed by atoms with van der Waals surface area (Å²) in [4.78, 5) is 15.2. The Labute approximate surface area is 146 Å². The third-order valence-electron chi connectivity index (χ3n) is 4.59. The van der Waals surface area contributed by atoms with E-state index in [4.69, 9.17) is 0 Å². The van der Waals surface area contributed by atoms with E-state index in [1.54, 1.807) is 0 Å². The van der Waals surface area contributed by atoms with Crippen molar-refractivity contribution in [3.63, 3.8) is 0 Å². The van der Waals surface area contributed by atoms with Gasteiger partial charge in [-0.05, 0) is 25.5 Å². The molecule has 0 radical (unpaired) electrons. The van der Waals surface area contributed by atoms with E-state index in [0.717, 1.165) is 34.6 Å². The van der Waals surface area contributed by atoms with Crippen molar-refractivity contribution < 1.29 is 4.79 Å². The number of para-hydroxylation sites is 1. The Balaban J connectivity index is 2.10. The van der Waals surface area contributed by atoms with Crippen LogP contribution in [0.4, 0.5) is 5.69 Å². The highest BCUT2D eigenvalue weighted by atomic mass is 16.2. The molecule has 3 aromatic rings. The maximum Gasteiger partial charge on any atom is 0.258 e. The number of anilines is 1. The molecule has 126 valence electrons. The van der Waals surface area contributed by atoms with Crippen LogP contribution in [0.25, 0.3) is 22.5 Å². The van der Waals surface area contributed by atoms with Gasteiger partial charge in [0, 0.05) is 29.8 Å². The largest absolute Gasteiger partial charge is 0.308 e. The highest BCUT2D eigenvalue weighted by Gasteiger charge is 2.30. The fourth-order valence-corrected chi connectivity index (χ4v) is 3.47. The molecule has 5 nitrogen and oxygen atoms in total. The zero-order chi connectivity index (χ0) is 17.4. The molecule has 1 aliphatic heterocycles. The molecule has 0 N–H and O–H groups in total. The van der Waals surface area contributed by atoms with Crippen molar-refractivity contribution in [1.82, 2.24) is 15.0 Å². The number of aryl methyl sites for hydroxylation is 1. The molecule has 2 aromatic carbocycles. The summed E-state index contributed by atoms with van der Waals surface area (Å²) in [6.07, 6.45) is 0.886. The number of fused-ring (bicyclic) bond motifs is 5. The minimum absolute atomic E-state index is 0.0272. The summed E-state index contributed by atoms with van der Waals surface area (Å²) in [5, 5.41) is 8.79. The van der Waals surface area contributed by atoms with Crippen molar-refractivity contribution >= 4 is 11.6 Å². The van der Waals surface area contributed by atoms with Crippen LogP contribution in [-0.4, -0.2) is 27.4 Å². The summed E-state index contributed by atoms with van der Waals surface area (Å²) in [7, 11) is 0. The highest BCUT2D eigenvalue weighted by Crippen LogP contribution is 2.40. The van der Waals surface area contributed by atoms with Gasteiger partial charge in [0.15, 0.2) is 0 Å². The van der Waals surface area contributed by atoms with E-state index in [0.29, 0.717) is 18.7 Å². The lowest BCUT2D eigenvalue weighted by Gasteiger charge is -2.28. The van der Waals surface area contributed by atoms with Crippen LogP contribution in [-0.2, 0) is 6.54 Å². The topological polar surface area (TPSA) is 51.0 Å². The molecule has 4 rings (SSSR count). The Morgan fingerprint density at radius 2 is 1.60 bits per heavy atom. The second-order valence-corrected chi connectivity index (χ2v) is 6.12. The smallest absolute Gasteiger partial charge is 0.258 e. The van der Waals surface area contributed by atoms with Crippen LogP contribution in [0.3, 0.4) is 0 Å². The monoisotopic (exact) mass is 332 g/mol. The summed E-state index contributed by atoms with van der Waals surface area (Å²) >= 11 is 0. The van der Waals surface area contributed by atoms with Crippen LogP contribution in [0.15, 0.2) is 48.5 Å². The molecule has 0 saturated heterocycles. The van der Waals surface area contributed by atoms with E-state index in [1.165, 1.54) is 0 Å². The number of amides is 1. The molecule has 0 unspecified atom stereocenters. The number of carbonyl (C=O) groups excluding carboxylic acids is 1. The number of carbonyl (C=O) groups is 1. The van der Waals surface area contributed by atoms with Crippen LogP contribution in [0, 0.1) is 0 Å². The molecule has 25 heavy (non-hydrogen) atoms. The van der Waals surface area contributed by atoms with Crippen molar-refractivity contribution in [2.75, 3.05) is 11.4 Å². The number of benzene rings is 2. The van der Waals surface area contributed by atoms with Gasteiger partial charge in [-0.1, -0.05) is 48.5 Å². The lowest BCUT2D eigenvalue weighted by Crippen LogP contribution is -2.33. The first-order valence-electron chi connectivity index (χ1n) is 8.70. The Bertz CT molecular complexity index is 944. The summed E-state index contributed by atoms with van der Waals surface area (Å²) in [6, 6.07) is 15.7. The Morgan fingerprint density at radius 3 is 2.32 bits per heavy atom. The fraction of sp³-hybridized carbons (Fsp3) is 0.250. The van der Waals surface area contributed by atoms with Gasteiger partial charge in [-0.3, -0.25) is 4.79 Å². The van der Waals surface area contributed by atoms with Crippen molar-refractivity contribution in [3.8, 4) is 22.5 Å². The molecule has 2 heterocycles. The summed E-state index contributed by atoms with van der Waals surface area (Å²) in [5.74, 6) is 0.0272. The van der Waals surface area contributed by atoms with Crippen LogP contribution < -0.4 is 4.90 Å². The van der Waals surface area contributed by atoms with Crippen molar-refractivity contribution in [2.24, 2.45) is 0 Å². The minimum atomic E-state index is 0.0272. The first-order chi connectivity index (χ1) is 12.3. The normalized spacial score (nSPS) is 12.9. The Morgan fingerprint density at radius 1 is 0.920 bits per heavy atom. The molecular weight excluding hydrogens is 312 g/mol. The van der Waals surface area contributed by atoms with Gasteiger partial charge in [-0.2, -0.15) is 0 Å². The molecule has 0 fully saturated rings. The SMILES string of the molecule is CCCN1C(=O)c2ccccc2-c2c(nnn2CC)-c2ccccc21. The summed E-state index contributed by atoms with van der Waals surface area (Å²) in [5.41, 5.74) is 5.18. The standard InChI is InChI=1S/C20H20N4O/c1-3-13-23-17-12-8-7-11-16(17)18-19(24(4-2)22-21-18)14-9-5-6-10-15(14)20(23)25/h5-12H,3-4,13H2,1-2H3. The van der Waals surface area contributed by atoms with Gasteiger partial charge in [0.1, 0.15) is 5.69 Å². The van der Waals surface area contributed by atoms with E-state index >= 15 is 0 Å². The average molecular weight is 332 g/mol. The van der Waals surface area contributed by atoms with Crippen molar-refractivity contribution in [2.45, 2.75) is 26.8 Å². The molecule has 0 spiro atoms. The number of aromatic nitrogens is 3. The average Bonchev–Trinajstić information content (AvgIpc) is 3.08. The Hall–Kier alpha value is -2.95. The number of rotatable bonds is 3. The van der Waals surface area contributed by atoms with Crippen molar-refractivity contribution in [3.05, 3.63) is 54.1 Å². The first-order valence-corrected chi connectivity index (χ1v) is 8.70. The maximum atomic E-state index is 13.3. The number of hydrogen-bond donors (Lipinski definition) is 0. The lowest BCUT2D eigenvalue weighted by molar-refractivity contribution is 0.0987. The van der Waals surface area contributed by atoms with Gasteiger partial charge in [0.2, 0.25) is 0 Å². The molecule has 1 aromatic heterocycles. The van der Waals surface area contributed by atoms with Gasteiger partial charge in [0.05, 0.1) is 11.4 Å². The maximum absolute atomic E-state index is 13.3. The van der Waals surface area contributed by atoms with Gasteiger partial charge < -0.3 is 4.90 Å². The third-order valence-corrected chi connectivity index (χ3v) is 4.59. The van der Waals surface area contributed by atoms with Crippen LogP contribution >= 0.6 is 0 Å². The van der Waals surface area contributed by atoms with Crippen LogP contribution in [0.1, 0.15) is 30.6 Å². The highest BCUT2D eigenvalue weighted by molar-refractivity contribution is 6.13. The van der Waals surface area contributed by atoms with Crippen LogP contribution in [0.2, 0.25) is 0 Å². The third kappa shape index (κ3) is 2.35. The molecule has 0 atom stereocenters. The fourth-order valence-electron chi connectivity index (χ4n) is 3.47. The Kier molecular flexibility index (Phi) is 3.84. The molecule has 5 heteroatoms. The molecule has 0 aliphatic carbocycles. The first kappa shape index (κ1) is 15.6.